The highest BCUT2D eigenvalue weighted by molar-refractivity contribution is 7.93. The first kappa shape index (κ1) is 14.0. The van der Waals surface area contributed by atoms with E-state index < -0.39 is 15.3 Å². The zero-order valence-electron chi connectivity index (χ0n) is 9.58. The van der Waals surface area contributed by atoms with E-state index in [-0.39, 0.29) is 12.4 Å². The molecular weight excluding hydrogens is 254 g/mol. The molecule has 0 saturated heterocycles. The Kier molecular flexibility index (Phi) is 4.67. The number of aliphatic hydroxyl groups is 1. The zero-order valence-corrected chi connectivity index (χ0v) is 10.4. The Hall–Kier alpha value is -2.09. The van der Waals surface area contributed by atoms with Crippen molar-refractivity contribution in [3.63, 3.8) is 0 Å². The minimum atomic E-state index is -3.77. The van der Waals surface area contributed by atoms with E-state index in [0.29, 0.717) is 5.69 Å². The number of aliphatic hydroxyl groups excluding tert-OH is 1. The first-order valence-electron chi connectivity index (χ1n) is 4.97. The molecule has 0 aliphatic rings. The average Bonchev–Trinajstić information content (AvgIpc) is 2.35. The lowest BCUT2D eigenvalue weighted by molar-refractivity contribution is 0.350. The summed E-state index contributed by atoms with van der Waals surface area (Å²) in [5.74, 6) is 5.04. The van der Waals surface area contributed by atoms with Crippen LogP contribution in [-0.2, 0) is 10.0 Å². The molecule has 1 rings (SSSR count). The fourth-order valence-corrected chi connectivity index (χ4v) is 1.72. The third kappa shape index (κ3) is 3.74. The smallest absolute Gasteiger partial charge is 0.250 e. The first-order chi connectivity index (χ1) is 8.49. The number of nitriles is 1. The Bertz CT molecular complexity index is 623. The van der Waals surface area contributed by atoms with Gasteiger partial charge in [0.25, 0.3) is 0 Å². The number of nitrogens with zero attached hydrogens (tertiary/aromatic N) is 2. The number of anilines is 1. The molecular formula is C11H11N3O3S. The lowest BCUT2D eigenvalue weighted by Crippen LogP contribution is -2.24. The van der Waals surface area contributed by atoms with Crippen molar-refractivity contribution in [3.8, 4) is 17.9 Å². The summed E-state index contributed by atoms with van der Waals surface area (Å²) in [5, 5.41) is 15.9. The molecule has 0 aliphatic carbocycles. The Morgan fingerprint density at radius 1 is 1.56 bits per heavy atom. The third-order valence-electron chi connectivity index (χ3n) is 1.94. The first-order valence-corrected chi connectivity index (χ1v) is 6.52. The quantitative estimate of drug-likeness (QED) is 0.753. The highest BCUT2D eigenvalue weighted by Crippen LogP contribution is 2.09. The predicted molar refractivity (Wildman–Crippen MR) is 65.8 cm³/mol. The molecule has 0 fully saturated rings. The van der Waals surface area contributed by atoms with Crippen LogP contribution < -0.4 is 4.72 Å². The second kappa shape index (κ2) is 6.01. The van der Waals surface area contributed by atoms with Crippen LogP contribution in [0.2, 0.25) is 0 Å². The van der Waals surface area contributed by atoms with E-state index in [1.54, 1.807) is 18.2 Å². The van der Waals surface area contributed by atoms with Gasteiger partial charge in [-0.2, -0.15) is 5.26 Å². The molecule has 0 amide bonds. The second-order valence-corrected chi connectivity index (χ2v) is 5.29. The van der Waals surface area contributed by atoms with Gasteiger partial charge in [0.15, 0.2) is 5.25 Å². The molecule has 0 aliphatic heterocycles. The van der Waals surface area contributed by atoms with E-state index in [1.807, 2.05) is 0 Å². The molecule has 1 unspecified atom stereocenters. The van der Waals surface area contributed by atoms with Gasteiger partial charge in [0.05, 0.1) is 6.07 Å². The van der Waals surface area contributed by atoms with Crippen molar-refractivity contribution in [2.45, 2.75) is 12.2 Å². The summed E-state index contributed by atoms with van der Waals surface area (Å²) in [6.07, 6.45) is 0. The van der Waals surface area contributed by atoms with Crippen LogP contribution in [0, 0.1) is 23.2 Å². The van der Waals surface area contributed by atoms with Crippen molar-refractivity contribution < 1.29 is 13.5 Å². The van der Waals surface area contributed by atoms with Crippen molar-refractivity contribution in [2.24, 2.45) is 0 Å². The molecule has 7 heteroatoms. The molecule has 1 aromatic rings. The van der Waals surface area contributed by atoms with E-state index in [4.69, 9.17) is 10.4 Å². The summed E-state index contributed by atoms with van der Waals surface area (Å²) < 4.78 is 25.4. The fraction of sp³-hybridized carbons (Fsp3) is 0.273. The molecule has 0 aromatic carbocycles. The maximum atomic E-state index is 11.6. The summed E-state index contributed by atoms with van der Waals surface area (Å²) in [5.41, 5.74) is 0.328. The highest BCUT2D eigenvalue weighted by Gasteiger charge is 2.20. The number of sulfonamides is 1. The van der Waals surface area contributed by atoms with Gasteiger partial charge in [-0.25, -0.2) is 13.4 Å². The predicted octanol–water partition coefficient (Wildman–Crippen LogP) is 0.0792. The normalized spacial score (nSPS) is 11.8. The lowest BCUT2D eigenvalue weighted by Gasteiger charge is -2.08. The molecule has 2 N–H and O–H groups in total. The SMILES string of the molecule is CC(C#N)S(=O)(=O)Nc1cccc(C#CCO)n1. The van der Waals surface area contributed by atoms with Gasteiger partial charge in [0, 0.05) is 0 Å². The van der Waals surface area contributed by atoms with Crippen LogP contribution in [0.1, 0.15) is 12.6 Å². The molecule has 18 heavy (non-hydrogen) atoms. The average molecular weight is 265 g/mol. The maximum Gasteiger partial charge on any atom is 0.250 e. The van der Waals surface area contributed by atoms with Crippen LogP contribution >= 0.6 is 0 Å². The molecule has 0 saturated carbocycles. The fourth-order valence-electron chi connectivity index (χ4n) is 0.995. The Labute approximate surface area is 105 Å². The van der Waals surface area contributed by atoms with E-state index in [2.05, 4.69) is 21.5 Å². The largest absolute Gasteiger partial charge is 0.384 e. The van der Waals surface area contributed by atoms with Crippen molar-refractivity contribution in [1.82, 2.24) is 4.98 Å². The minimum absolute atomic E-state index is 0.0850. The van der Waals surface area contributed by atoms with Gasteiger partial charge in [-0.15, -0.1) is 0 Å². The standard InChI is InChI=1S/C11H11N3O3S/c1-9(8-12)18(16,17)14-11-6-2-4-10(13-11)5-3-7-15/h2,4,6,9,15H,7H2,1H3,(H,13,14). The lowest BCUT2D eigenvalue weighted by atomic mass is 10.3. The van der Waals surface area contributed by atoms with Crippen LogP contribution in [0.15, 0.2) is 18.2 Å². The molecule has 1 heterocycles. The number of hydrogen-bond acceptors (Lipinski definition) is 5. The van der Waals surface area contributed by atoms with E-state index in [1.165, 1.54) is 13.0 Å². The van der Waals surface area contributed by atoms with E-state index in [9.17, 15) is 8.42 Å². The molecule has 1 aromatic heterocycles. The maximum absolute atomic E-state index is 11.6. The number of aromatic nitrogens is 1. The van der Waals surface area contributed by atoms with Crippen molar-refractivity contribution >= 4 is 15.8 Å². The Balaban J connectivity index is 2.97. The highest BCUT2D eigenvalue weighted by atomic mass is 32.2. The summed E-state index contributed by atoms with van der Waals surface area (Å²) >= 11 is 0. The summed E-state index contributed by atoms with van der Waals surface area (Å²) in [6.45, 7) is 0.973. The number of pyridine rings is 1. The molecule has 0 spiro atoms. The van der Waals surface area contributed by atoms with Crippen LogP contribution in [0.5, 0.6) is 0 Å². The Morgan fingerprint density at radius 3 is 2.89 bits per heavy atom. The van der Waals surface area contributed by atoms with Gasteiger partial charge >= 0.3 is 0 Å². The van der Waals surface area contributed by atoms with Crippen LogP contribution in [0.4, 0.5) is 5.82 Å². The minimum Gasteiger partial charge on any atom is -0.384 e. The summed E-state index contributed by atoms with van der Waals surface area (Å²) in [7, 11) is -3.77. The zero-order chi connectivity index (χ0) is 13.6. The number of rotatable bonds is 3. The van der Waals surface area contributed by atoms with E-state index in [0.717, 1.165) is 0 Å². The molecule has 94 valence electrons. The Morgan fingerprint density at radius 2 is 2.28 bits per heavy atom. The summed E-state index contributed by atoms with van der Waals surface area (Å²) in [6, 6.07) is 6.24. The van der Waals surface area contributed by atoms with Gasteiger partial charge in [0.1, 0.15) is 18.1 Å². The van der Waals surface area contributed by atoms with Gasteiger partial charge in [-0.05, 0) is 25.0 Å². The van der Waals surface area contributed by atoms with Crippen molar-refractivity contribution in [2.75, 3.05) is 11.3 Å². The van der Waals surface area contributed by atoms with Crippen LogP contribution in [0.3, 0.4) is 0 Å². The van der Waals surface area contributed by atoms with Crippen molar-refractivity contribution in [1.29, 1.82) is 5.26 Å². The van der Waals surface area contributed by atoms with Gasteiger partial charge in [-0.1, -0.05) is 12.0 Å². The van der Waals surface area contributed by atoms with Gasteiger partial charge in [0.2, 0.25) is 10.0 Å². The monoisotopic (exact) mass is 265 g/mol. The van der Waals surface area contributed by atoms with Crippen LogP contribution in [-0.4, -0.2) is 30.4 Å². The second-order valence-electron chi connectivity index (χ2n) is 3.29. The van der Waals surface area contributed by atoms with Gasteiger partial charge in [-0.3, -0.25) is 4.72 Å². The molecule has 6 nitrogen and oxygen atoms in total. The molecule has 1 atom stereocenters. The summed E-state index contributed by atoms with van der Waals surface area (Å²) in [4.78, 5) is 3.93. The molecule has 0 bridgehead atoms. The third-order valence-corrected chi connectivity index (χ3v) is 3.47. The molecule has 0 radical (unpaired) electrons. The topological polar surface area (TPSA) is 103 Å². The van der Waals surface area contributed by atoms with Crippen molar-refractivity contribution in [3.05, 3.63) is 23.9 Å². The van der Waals surface area contributed by atoms with Crippen LogP contribution in [0.25, 0.3) is 0 Å². The van der Waals surface area contributed by atoms with Gasteiger partial charge < -0.3 is 5.11 Å². The number of nitrogens with one attached hydrogen (secondary N) is 1. The van der Waals surface area contributed by atoms with E-state index >= 15 is 0 Å². The number of hydrogen-bond donors (Lipinski definition) is 2.